The fraction of sp³-hybridized carbons (Fsp3) is 0.222. The molecule has 0 fully saturated rings. The SMILES string of the molecule is Cn1nc(NS(C)(=O)=O)c2c(F)ccc(Br)c21. The predicted molar refractivity (Wildman–Crippen MR) is 66.8 cm³/mol. The third-order valence-corrected chi connectivity index (χ3v) is 3.37. The summed E-state index contributed by atoms with van der Waals surface area (Å²) in [6.07, 6.45) is 0.989. The minimum absolute atomic E-state index is 0.0104. The van der Waals surface area contributed by atoms with Crippen LogP contribution in [-0.4, -0.2) is 24.5 Å². The Morgan fingerprint density at radius 1 is 1.47 bits per heavy atom. The first kappa shape index (κ1) is 12.3. The topological polar surface area (TPSA) is 64.0 Å². The van der Waals surface area contributed by atoms with Crippen LogP contribution in [0.3, 0.4) is 0 Å². The lowest BCUT2D eigenvalue weighted by Gasteiger charge is -2.00. The van der Waals surface area contributed by atoms with Gasteiger partial charge in [-0.05, 0) is 28.1 Å². The first-order chi connectivity index (χ1) is 7.79. The summed E-state index contributed by atoms with van der Waals surface area (Å²) in [4.78, 5) is 0. The van der Waals surface area contributed by atoms with E-state index in [1.165, 1.54) is 10.7 Å². The van der Waals surface area contributed by atoms with Gasteiger partial charge < -0.3 is 0 Å². The van der Waals surface area contributed by atoms with Crippen molar-refractivity contribution in [3.8, 4) is 0 Å². The zero-order valence-electron chi connectivity index (χ0n) is 9.03. The summed E-state index contributed by atoms with van der Waals surface area (Å²) < 4.78 is 40.3. The number of aryl methyl sites for hydroxylation is 1. The van der Waals surface area contributed by atoms with E-state index in [-0.39, 0.29) is 11.2 Å². The Morgan fingerprint density at radius 2 is 2.12 bits per heavy atom. The molecule has 1 N–H and O–H groups in total. The van der Waals surface area contributed by atoms with Gasteiger partial charge in [0, 0.05) is 11.5 Å². The molecule has 0 saturated heterocycles. The van der Waals surface area contributed by atoms with E-state index >= 15 is 0 Å². The van der Waals surface area contributed by atoms with E-state index in [1.54, 1.807) is 13.1 Å². The van der Waals surface area contributed by atoms with Gasteiger partial charge in [-0.3, -0.25) is 9.40 Å². The lowest BCUT2D eigenvalue weighted by molar-refractivity contribution is 0.606. The first-order valence-corrected chi connectivity index (χ1v) is 7.26. The molecule has 1 aromatic carbocycles. The molecule has 0 saturated carbocycles. The largest absolute Gasteiger partial charge is 0.265 e. The highest BCUT2D eigenvalue weighted by atomic mass is 79.9. The number of fused-ring (bicyclic) bond motifs is 1. The smallest absolute Gasteiger partial charge is 0.231 e. The van der Waals surface area contributed by atoms with Gasteiger partial charge in [0.2, 0.25) is 10.0 Å². The minimum Gasteiger partial charge on any atom is -0.265 e. The normalized spacial score (nSPS) is 12.0. The Morgan fingerprint density at radius 3 is 2.71 bits per heavy atom. The lowest BCUT2D eigenvalue weighted by atomic mass is 10.2. The van der Waals surface area contributed by atoms with Crippen molar-refractivity contribution in [2.24, 2.45) is 7.05 Å². The number of rotatable bonds is 2. The van der Waals surface area contributed by atoms with Crippen LogP contribution in [0.2, 0.25) is 0 Å². The van der Waals surface area contributed by atoms with Crippen molar-refractivity contribution in [3.63, 3.8) is 0 Å². The van der Waals surface area contributed by atoms with Crippen molar-refractivity contribution in [1.82, 2.24) is 9.78 Å². The van der Waals surface area contributed by atoms with E-state index in [0.29, 0.717) is 9.99 Å². The zero-order valence-corrected chi connectivity index (χ0v) is 11.4. The second kappa shape index (κ2) is 3.95. The number of hydrogen-bond acceptors (Lipinski definition) is 3. The highest BCUT2D eigenvalue weighted by Gasteiger charge is 2.17. The summed E-state index contributed by atoms with van der Waals surface area (Å²) in [6.45, 7) is 0. The van der Waals surface area contributed by atoms with Crippen LogP contribution in [0.5, 0.6) is 0 Å². The molecule has 8 heteroatoms. The molecule has 0 aliphatic carbocycles. The molecule has 0 spiro atoms. The predicted octanol–water partition coefficient (Wildman–Crippen LogP) is 1.85. The molecule has 0 radical (unpaired) electrons. The van der Waals surface area contributed by atoms with Crippen molar-refractivity contribution in [3.05, 3.63) is 22.4 Å². The number of benzene rings is 1. The molecule has 92 valence electrons. The third kappa shape index (κ3) is 2.27. The summed E-state index contributed by atoms with van der Waals surface area (Å²) in [5.74, 6) is -0.536. The summed E-state index contributed by atoms with van der Waals surface area (Å²) in [6, 6.07) is 2.80. The van der Waals surface area contributed by atoms with Gasteiger partial charge in [0.15, 0.2) is 5.82 Å². The second-order valence-corrected chi connectivity index (χ2v) is 6.20. The Balaban J connectivity index is 2.79. The number of nitrogens with zero attached hydrogens (tertiary/aromatic N) is 2. The Kier molecular flexibility index (Phi) is 2.86. The van der Waals surface area contributed by atoms with Crippen molar-refractivity contribution < 1.29 is 12.8 Å². The maximum absolute atomic E-state index is 13.7. The highest BCUT2D eigenvalue weighted by molar-refractivity contribution is 9.10. The van der Waals surface area contributed by atoms with Crippen LogP contribution in [0, 0.1) is 5.82 Å². The highest BCUT2D eigenvalue weighted by Crippen LogP contribution is 2.31. The summed E-state index contributed by atoms with van der Waals surface area (Å²) >= 11 is 3.27. The van der Waals surface area contributed by atoms with Crippen LogP contribution in [-0.2, 0) is 17.1 Å². The van der Waals surface area contributed by atoms with Crippen molar-refractivity contribution >= 4 is 42.7 Å². The summed E-state index contributed by atoms with van der Waals surface area (Å²) in [5, 5.41) is 4.10. The molecule has 0 amide bonds. The van der Waals surface area contributed by atoms with Crippen LogP contribution >= 0.6 is 15.9 Å². The van der Waals surface area contributed by atoms with Gasteiger partial charge in [-0.15, -0.1) is 0 Å². The molecule has 17 heavy (non-hydrogen) atoms. The Labute approximate surface area is 106 Å². The fourth-order valence-corrected chi connectivity index (χ4v) is 2.66. The van der Waals surface area contributed by atoms with Gasteiger partial charge in [-0.1, -0.05) is 0 Å². The third-order valence-electron chi connectivity index (χ3n) is 2.17. The summed E-state index contributed by atoms with van der Waals surface area (Å²) in [5.41, 5.74) is 0.496. The van der Waals surface area contributed by atoms with Gasteiger partial charge in [0.25, 0.3) is 0 Å². The zero-order chi connectivity index (χ0) is 12.8. The molecule has 5 nitrogen and oxygen atoms in total. The monoisotopic (exact) mass is 321 g/mol. The molecule has 0 unspecified atom stereocenters. The van der Waals surface area contributed by atoms with Crippen molar-refractivity contribution in [2.75, 3.05) is 11.0 Å². The molecule has 1 heterocycles. The average Bonchev–Trinajstić information content (AvgIpc) is 2.48. The molecule has 0 atom stereocenters. The fourth-order valence-electron chi connectivity index (χ4n) is 1.58. The second-order valence-electron chi connectivity index (χ2n) is 3.60. The lowest BCUT2D eigenvalue weighted by Crippen LogP contribution is -2.10. The Bertz CT molecular complexity index is 696. The molecular formula is C9H9BrFN3O2S. The standard InChI is InChI=1S/C9H9BrFN3O2S/c1-14-8-5(10)3-4-6(11)7(8)9(12-14)13-17(2,15)16/h3-4H,1-2H3,(H,12,13). The van der Waals surface area contributed by atoms with Crippen LogP contribution in [0.15, 0.2) is 16.6 Å². The number of anilines is 1. The molecule has 0 aliphatic heterocycles. The van der Waals surface area contributed by atoms with E-state index in [4.69, 9.17) is 0 Å². The molecule has 2 rings (SSSR count). The Hall–Kier alpha value is -1.15. The number of sulfonamides is 1. The maximum atomic E-state index is 13.7. The average molecular weight is 322 g/mol. The van der Waals surface area contributed by atoms with Crippen LogP contribution in [0.1, 0.15) is 0 Å². The van der Waals surface area contributed by atoms with Gasteiger partial charge in [-0.25, -0.2) is 12.8 Å². The number of aromatic nitrogens is 2. The molecule has 2 aromatic rings. The molecular weight excluding hydrogens is 313 g/mol. The van der Waals surface area contributed by atoms with E-state index in [2.05, 4.69) is 25.8 Å². The van der Waals surface area contributed by atoms with Gasteiger partial charge in [-0.2, -0.15) is 5.10 Å². The van der Waals surface area contributed by atoms with E-state index in [0.717, 1.165) is 6.26 Å². The maximum Gasteiger partial charge on any atom is 0.231 e. The molecule has 1 aromatic heterocycles. The van der Waals surface area contributed by atoms with Crippen LogP contribution in [0.4, 0.5) is 10.2 Å². The van der Waals surface area contributed by atoms with Gasteiger partial charge in [0.1, 0.15) is 5.82 Å². The first-order valence-electron chi connectivity index (χ1n) is 4.58. The number of halogens is 2. The van der Waals surface area contributed by atoms with E-state index < -0.39 is 15.8 Å². The van der Waals surface area contributed by atoms with Crippen LogP contribution in [0.25, 0.3) is 10.9 Å². The quantitative estimate of drug-likeness (QED) is 0.918. The summed E-state index contributed by atoms with van der Waals surface area (Å²) in [7, 11) is -1.88. The van der Waals surface area contributed by atoms with Crippen LogP contribution < -0.4 is 4.72 Å². The minimum atomic E-state index is -3.49. The van der Waals surface area contributed by atoms with E-state index in [9.17, 15) is 12.8 Å². The van der Waals surface area contributed by atoms with E-state index in [1.807, 2.05) is 0 Å². The molecule has 0 bridgehead atoms. The van der Waals surface area contributed by atoms with Crippen molar-refractivity contribution in [1.29, 1.82) is 0 Å². The number of hydrogen-bond donors (Lipinski definition) is 1. The van der Waals surface area contributed by atoms with Gasteiger partial charge >= 0.3 is 0 Å². The van der Waals surface area contributed by atoms with Gasteiger partial charge in [0.05, 0.1) is 17.2 Å². The van der Waals surface area contributed by atoms with Crippen molar-refractivity contribution in [2.45, 2.75) is 0 Å². The number of nitrogens with one attached hydrogen (secondary N) is 1. The molecule has 0 aliphatic rings.